The van der Waals surface area contributed by atoms with Crippen molar-refractivity contribution in [3.05, 3.63) is 95.6 Å². The second-order valence-corrected chi connectivity index (χ2v) is 7.44. The molecule has 0 unspecified atom stereocenters. The standard InChI is InChI=1S/C25H26N2O2/c28-25(26-23-13-11-20(12-14-23)18-27-15-4-5-16-27)22-9-6-10-24(17-22)29-19-21-7-2-1-3-8-21/h1-3,6-14,17H,4-5,15-16,18-19H2,(H,26,28). The minimum atomic E-state index is -0.137. The number of nitrogens with zero attached hydrogens (tertiary/aromatic N) is 1. The first-order chi connectivity index (χ1) is 14.3. The van der Waals surface area contributed by atoms with Crippen LogP contribution in [0.3, 0.4) is 0 Å². The lowest BCUT2D eigenvalue weighted by Crippen LogP contribution is -2.18. The summed E-state index contributed by atoms with van der Waals surface area (Å²) in [5.41, 5.74) is 3.75. The first kappa shape index (κ1) is 19.2. The number of carbonyl (C=O) groups is 1. The Balaban J connectivity index is 1.34. The van der Waals surface area contributed by atoms with Crippen molar-refractivity contribution in [1.82, 2.24) is 4.90 Å². The van der Waals surface area contributed by atoms with Crippen molar-refractivity contribution in [3.8, 4) is 5.75 Å². The zero-order valence-corrected chi connectivity index (χ0v) is 16.5. The van der Waals surface area contributed by atoms with Gasteiger partial charge in [-0.15, -0.1) is 0 Å². The normalized spacial score (nSPS) is 13.9. The molecule has 1 amide bonds. The van der Waals surface area contributed by atoms with Gasteiger partial charge in [-0.1, -0.05) is 48.5 Å². The van der Waals surface area contributed by atoms with Gasteiger partial charge in [0, 0.05) is 17.8 Å². The molecule has 0 atom stereocenters. The smallest absolute Gasteiger partial charge is 0.255 e. The van der Waals surface area contributed by atoms with Crippen LogP contribution in [-0.4, -0.2) is 23.9 Å². The van der Waals surface area contributed by atoms with Crippen LogP contribution in [-0.2, 0) is 13.2 Å². The third-order valence-corrected chi connectivity index (χ3v) is 5.16. The topological polar surface area (TPSA) is 41.6 Å². The quantitative estimate of drug-likeness (QED) is 0.613. The number of anilines is 1. The molecule has 4 heteroatoms. The molecular formula is C25H26N2O2. The van der Waals surface area contributed by atoms with Crippen molar-refractivity contribution in [1.29, 1.82) is 0 Å². The number of likely N-dealkylation sites (tertiary alicyclic amines) is 1. The molecule has 4 nitrogen and oxygen atoms in total. The van der Waals surface area contributed by atoms with E-state index in [-0.39, 0.29) is 5.91 Å². The molecule has 1 fully saturated rings. The molecule has 0 aromatic heterocycles. The highest BCUT2D eigenvalue weighted by Gasteiger charge is 2.12. The Kier molecular flexibility index (Phi) is 6.22. The lowest BCUT2D eigenvalue weighted by molar-refractivity contribution is 0.102. The van der Waals surface area contributed by atoms with Crippen LogP contribution >= 0.6 is 0 Å². The van der Waals surface area contributed by atoms with Crippen molar-refractivity contribution in [2.45, 2.75) is 26.0 Å². The lowest BCUT2D eigenvalue weighted by atomic mass is 10.1. The SMILES string of the molecule is O=C(Nc1ccc(CN2CCCC2)cc1)c1cccc(OCc2ccccc2)c1. The predicted molar refractivity (Wildman–Crippen MR) is 116 cm³/mol. The summed E-state index contributed by atoms with van der Waals surface area (Å²) in [6, 6.07) is 25.4. The number of amides is 1. The molecular weight excluding hydrogens is 360 g/mol. The molecule has 3 aromatic rings. The highest BCUT2D eigenvalue weighted by molar-refractivity contribution is 6.04. The lowest BCUT2D eigenvalue weighted by Gasteiger charge is -2.15. The average molecular weight is 386 g/mol. The molecule has 0 bridgehead atoms. The van der Waals surface area contributed by atoms with Gasteiger partial charge in [0.25, 0.3) is 5.91 Å². The molecule has 1 aliphatic heterocycles. The summed E-state index contributed by atoms with van der Waals surface area (Å²) in [5.74, 6) is 0.546. The molecule has 1 saturated heterocycles. The first-order valence-electron chi connectivity index (χ1n) is 10.2. The van der Waals surface area contributed by atoms with E-state index in [1.807, 2.05) is 54.6 Å². The molecule has 29 heavy (non-hydrogen) atoms. The summed E-state index contributed by atoms with van der Waals surface area (Å²) in [6.07, 6.45) is 2.59. The third-order valence-electron chi connectivity index (χ3n) is 5.16. The predicted octanol–water partition coefficient (Wildman–Crippen LogP) is 5.11. The maximum Gasteiger partial charge on any atom is 0.255 e. The number of nitrogens with one attached hydrogen (secondary N) is 1. The average Bonchev–Trinajstić information content (AvgIpc) is 3.28. The number of ether oxygens (including phenoxy) is 1. The van der Waals surface area contributed by atoms with Crippen molar-refractivity contribution in [2.75, 3.05) is 18.4 Å². The fourth-order valence-electron chi connectivity index (χ4n) is 3.56. The molecule has 1 N–H and O–H groups in total. The molecule has 1 heterocycles. The molecule has 4 rings (SSSR count). The molecule has 148 valence electrons. The maximum absolute atomic E-state index is 12.6. The van der Waals surface area contributed by atoms with Crippen LogP contribution < -0.4 is 10.1 Å². The van der Waals surface area contributed by atoms with Crippen LogP contribution in [0.1, 0.15) is 34.3 Å². The van der Waals surface area contributed by atoms with E-state index >= 15 is 0 Å². The van der Waals surface area contributed by atoms with Gasteiger partial charge in [0.15, 0.2) is 0 Å². The monoisotopic (exact) mass is 386 g/mol. The largest absolute Gasteiger partial charge is 0.489 e. The van der Waals surface area contributed by atoms with Gasteiger partial charge in [-0.25, -0.2) is 0 Å². The molecule has 0 saturated carbocycles. The van der Waals surface area contributed by atoms with E-state index in [0.29, 0.717) is 17.9 Å². The van der Waals surface area contributed by atoms with Crippen molar-refractivity contribution in [3.63, 3.8) is 0 Å². The summed E-state index contributed by atoms with van der Waals surface area (Å²) in [7, 11) is 0. The minimum absolute atomic E-state index is 0.137. The first-order valence-corrected chi connectivity index (χ1v) is 10.2. The Morgan fingerprint density at radius 2 is 1.62 bits per heavy atom. The van der Waals surface area contributed by atoms with E-state index in [1.165, 1.54) is 31.5 Å². The number of rotatable bonds is 7. The van der Waals surface area contributed by atoms with Gasteiger partial charge in [-0.05, 0) is 67.4 Å². The molecule has 0 radical (unpaired) electrons. The fourth-order valence-corrected chi connectivity index (χ4v) is 3.56. The highest BCUT2D eigenvalue weighted by atomic mass is 16.5. The summed E-state index contributed by atoms with van der Waals surface area (Å²) in [6.45, 7) is 3.82. The van der Waals surface area contributed by atoms with E-state index in [2.05, 4.69) is 22.3 Å². The number of hydrogen-bond donors (Lipinski definition) is 1. The van der Waals surface area contributed by atoms with Gasteiger partial charge in [0.2, 0.25) is 0 Å². The van der Waals surface area contributed by atoms with Crippen LogP contribution in [0.4, 0.5) is 5.69 Å². The van der Waals surface area contributed by atoms with Crippen LogP contribution in [0.25, 0.3) is 0 Å². The van der Waals surface area contributed by atoms with Gasteiger partial charge in [0.05, 0.1) is 0 Å². The van der Waals surface area contributed by atoms with Crippen LogP contribution in [0.15, 0.2) is 78.9 Å². The summed E-state index contributed by atoms with van der Waals surface area (Å²) in [5, 5.41) is 2.97. The van der Waals surface area contributed by atoms with Gasteiger partial charge in [-0.2, -0.15) is 0 Å². The Bertz CT molecular complexity index is 933. The zero-order chi connectivity index (χ0) is 19.9. The van der Waals surface area contributed by atoms with Gasteiger partial charge < -0.3 is 10.1 Å². The van der Waals surface area contributed by atoms with E-state index < -0.39 is 0 Å². The molecule has 0 aliphatic carbocycles. The van der Waals surface area contributed by atoms with Crippen molar-refractivity contribution in [2.24, 2.45) is 0 Å². The number of benzene rings is 3. The van der Waals surface area contributed by atoms with E-state index in [9.17, 15) is 4.79 Å². The number of hydrogen-bond acceptors (Lipinski definition) is 3. The van der Waals surface area contributed by atoms with E-state index in [0.717, 1.165) is 17.8 Å². The number of carbonyl (C=O) groups excluding carboxylic acids is 1. The highest BCUT2D eigenvalue weighted by Crippen LogP contribution is 2.18. The summed E-state index contributed by atoms with van der Waals surface area (Å²) >= 11 is 0. The molecule has 3 aromatic carbocycles. The van der Waals surface area contributed by atoms with Gasteiger partial charge in [0.1, 0.15) is 12.4 Å². The Labute approximate surface area is 172 Å². The van der Waals surface area contributed by atoms with Gasteiger partial charge in [-0.3, -0.25) is 9.69 Å². The van der Waals surface area contributed by atoms with E-state index in [4.69, 9.17) is 4.74 Å². The Morgan fingerprint density at radius 1 is 0.862 bits per heavy atom. The van der Waals surface area contributed by atoms with Gasteiger partial charge >= 0.3 is 0 Å². The Hall–Kier alpha value is -3.11. The minimum Gasteiger partial charge on any atom is -0.489 e. The van der Waals surface area contributed by atoms with E-state index in [1.54, 1.807) is 12.1 Å². The van der Waals surface area contributed by atoms with Crippen LogP contribution in [0, 0.1) is 0 Å². The third kappa shape index (κ3) is 5.46. The summed E-state index contributed by atoms with van der Waals surface area (Å²) < 4.78 is 5.83. The van der Waals surface area contributed by atoms with Crippen LogP contribution in [0.2, 0.25) is 0 Å². The fraction of sp³-hybridized carbons (Fsp3) is 0.240. The van der Waals surface area contributed by atoms with Crippen LogP contribution in [0.5, 0.6) is 5.75 Å². The maximum atomic E-state index is 12.6. The molecule has 0 spiro atoms. The zero-order valence-electron chi connectivity index (χ0n) is 16.5. The van der Waals surface area contributed by atoms with Crippen molar-refractivity contribution >= 4 is 11.6 Å². The van der Waals surface area contributed by atoms with Crippen molar-refractivity contribution < 1.29 is 9.53 Å². The Morgan fingerprint density at radius 3 is 2.38 bits per heavy atom. The second kappa shape index (κ2) is 9.39. The molecule has 1 aliphatic rings. The summed E-state index contributed by atoms with van der Waals surface area (Å²) in [4.78, 5) is 15.1. The second-order valence-electron chi connectivity index (χ2n) is 7.44.